The SMILES string of the molecule is NC(=O)c1c(NC(=O)[C@H]2CC=CC[C@H]2C(=O)O)sc2c1CCCCC2. The number of carbonyl (C=O) groups excluding carboxylic acids is 2. The van der Waals surface area contributed by atoms with E-state index in [-0.39, 0.29) is 5.91 Å². The number of amides is 2. The standard InChI is InChI=1S/C18H22N2O4S/c19-15(21)14-12-8-2-1-3-9-13(12)25-17(14)20-16(22)10-6-4-5-7-11(10)18(23)24/h4-5,10-11H,1-3,6-9H2,(H2,19,21)(H,20,22)(H,23,24)/t10-,11+/m0/s1. The normalized spacial score (nSPS) is 22.7. The van der Waals surface area contributed by atoms with Gasteiger partial charge in [0, 0.05) is 4.88 Å². The van der Waals surface area contributed by atoms with Crippen LogP contribution in [0, 0.1) is 11.8 Å². The van der Waals surface area contributed by atoms with Gasteiger partial charge in [-0.2, -0.15) is 0 Å². The molecule has 0 unspecified atom stereocenters. The third-order valence-corrected chi connectivity index (χ3v) is 6.20. The first-order valence-electron chi connectivity index (χ1n) is 8.62. The van der Waals surface area contributed by atoms with Crippen molar-refractivity contribution in [1.82, 2.24) is 0 Å². The Morgan fingerprint density at radius 1 is 1.08 bits per heavy atom. The van der Waals surface area contributed by atoms with Crippen LogP contribution >= 0.6 is 11.3 Å². The molecule has 0 bridgehead atoms. The maximum Gasteiger partial charge on any atom is 0.307 e. The Hall–Kier alpha value is -2.15. The maximum absolute atomic E-state index is 12.7. The molecule has 1 aromatic rings. The van der Waals surface area contributed by atoms with Gasteiger partial charge in [0.1, 0.15) is 5.00 Å². The van der Waals surface area contributed by atoms with Gasteiger partial charge in [-0.1, -0.05) is 18.6 Å². The molecule has 2 aliphatic rings. The van der Waals surface area contributed by atoms with E-state index in [1.807, 2.05) is 6.08 Å². The average molecular weight is 362 g/mol. The first-order chi connectivity index (χ1) is 12.0. The van der Waals surface area contributed by atoms with Gasteiger partial charge in [-0.15, -0.1) is 11.3 Å². The number of anilines is 1. The van der Waals surface area contributed by atoms with Crippen LogP contribution in [-0.2, 0) is 22.4 Å². The van der Waals surface area contributed by atoms with Gasteiger partial charge >= 0.3 is 5.97 Å². The molecule has 3 rings (SSSR count). The Balaban J connectivity index is 1.87. The topological polar surface area (TPSA) is 109 Å². The third-order valence-electron chi connectivity index (χ3n) is 4.99. The number of nitrogens with one attached hydrogen (secondary N) is 1. The van der Waals surface area contributed by atoms with Crippen molar-refractivity contribution in [2.75, 3.05) is 5.32 Å². The summed E-state index contributed by atoms with van der Waals surface area (Å²) in [6.07, 6.45) is 9.24. The van der Waals surface area contributed by atoms with Gasteiger partial charge in [-0.3, -0.25) is 14.4 Å². The van der Waals surface area contributed by atoms with Crippen LogP contribution in [0.5, 0.6) is 0 Å². The predicted octanol–water partition coefficient (Wildman–Crippen LogP) is 2.72. The van der Waals surface area contributed by atoms with Gasteiger partial charge in [0.25, 0.3) is 5.91 Å². The van der Waals surface area contributed by atoms with Crippen molar-refractivity contribution in [2.45, 2.75) is 44.9 Å². The van der Waals surface area contributed by atoms with Crippen LogP contribution in [0.15, 0.2) is 12.2 Å². The molecular weight excluding hydrogens is 340 g/mol. The highest BCUT2D eigenvalue weighted by Gasteiger charge is 2.35. The van der Waals surface area contributed by atoms with E-state index in [9.17, 15) is 19.5 Å². The van der Waals surface area contributed by atoms with Crippen molar-refractivity contribution >= 4 is 34.1 Å². The molecule has 0 saturated carbocycles. The summed E-state index contributed by atoms with van der Waals surface area (Å²) in [4.78, 5) is 37.2. The number of hydrogen-bond acceptors (Lipinski definition) is 4. The Morgan fingerprint density at radius 3 is 2.44 bits per heavy atom. The molecule has 0 aromatic carbocycles. The van der Waals surface area contributed by atoms with Crippen LogP contribution in [0.4, 0.5) is 5.00 Å². The van der Waals surface area contributed by atoms with Crippen LogP contribution in [0.2, 0.25) is 0 Å². The second kappa shape index (κ2) is 7.39. The molecule has 2 amide bonds. The highest BCUT2D eigenvalue weighted by Crippen LogP contribution is 2.38. The van der Waals surface area contributed by atoms with Crippen molar-refractivity contribution in [1.29, 1.82) is 0 Å². The minimum Gasteiger partial charge on any atom is -0.481 e. The van der Waals surface area contributed by atoms with Gasteiger partial charge in [-0.25, -0.2) is 0 Å². The molecule has 0 saturated heterocycles. The molecule has 2 atom stereocenters. The van der Waals surface area contributed by atoms with Gasteiger partial charge in [0.2, 0.25) is 5.91 Å². The molecule has 0 aliphatic heterocycles. The van der Waals surface area contributed by atoms with E-state index in [2.05, 4.69) is 5.32 Å². The van der Waals surface area contributed by atoms with Crippen LogP contribution in [0.25, 0.3) is 0 Å². The highest BCUT2D eigenvalue weighted by molar-refractivity contribution is 7.17. The number of fused-ring (bicyclic) bond motifs is 1. The molecule has 1 heterocycles. The number of primary amides is 1. The lowest BCUT2D eigenvalue weighted by atomic mass is 9.82. The quantitative estimate of drug-likeness (QED) is 0.565. The smallest absolute Gasteiger partial charge is 0.307 e. The van der Waals surface area contributed by atoms with E-state index in [0.29, 0.717) is 23.4 Å². The lowest BCUT2D eigenvalue weighted by Gasteiger charge is -2.24. The molecule has 6 nitrogen and oxygen atoms in total. The molecule has 0 radical (unpaired) electrons. The molecular formula is C18H22N2O4S. The number of thiophene rings is 1. The van der Waals surface area contributed by atoms with Gasteiger partial charge in [-0.05, 0) is 44.1 Å². The molecule has 0 fully saturated rings. The molecule has 1 aromatic heterocycles. The molecule has 7 heteroatoms. The Morgan fingerprint density at radius 2 is 1.76 bits per heavy atom. The number of rotatable bonds is 4. The average Bonchev–Trinajstić information content (AvgIpc) is 2.76. The van der Waals surface area contributed by atoms with E-state index < -0.39 is 23.7 Å². The fraction of sp³-hybridized carbons (Fsp3) is 0.500. The predicted molar refractivity (Wildman–Crippen MR) is 95.7 cm³/mol. The summed E-state index contributed by atoms with van der Waals surface area (Å²) >= 11 is 1.41. The fourth-order valence-corrected chi connectivity index (χ4v) is 4.97. The number of allylic oxidation sites excluding steroid dienone is 2. The molecule has 2 aliphatic carbocycles. The van der Waals surface area contributed by atoms with Crippen LogP contribution < -0.4 is 11.1 Å². The zero-order valence-corrected chi connectivity index (χ0v) is 14.7. The van der Waals surface area contributed by atoms with Crippen molar-refractivity contribution in [3.8, 4) is 0 Å². The summed E-state index contributed by atoms with van der Waals surface area (Å²) in [7, 11) is 0. The maximum atomic E-state index is 12.7. The number of carbonyl (C=O) groups is 3. The van der Waals surface area contributed by atoms with Crippen LogP contribution in [0.1, 0.15) is 52.9 Å². The van der Waals surface area contributed by atoms with E-state index in [1.54, 1.807) is 6.08 Å². The molecule has 25 heavy (non-hydrogen) atoms. The van der Waals surface area contributed by atoms with Crippen molar-refractivity contribution in [3.05, 3.63) is 28.2 Å². The monoisotopic (exact) mass is 362 g/mol. The van der Waals surface area contributed by atoms with E-state index in [1.165, 1.54) is 11.3 Å². The summed E-state index contributed by atoms with van der Waals surface area (Å²) in [6.45, 7) is 0. The number of nitrogens with two attached hydrogens (primary N) is 1. The van der Waals surface area contributed by atoms with Gasteiger partial charge < -0.3 is 16.2 Å². The Kier molecular flexibility index (Phi) is 5.22. The van der Waals surface area contributed by atoms with Gasteiger partial charge in [0.15, 0.2) is 0 Å². The number of carboxylic acids is 1. The van der Waals surface area contributed by atoms with Crippen LogP contribution in [0.3, 0.4) is 0 Å². The summed E-state index contributed by atoms with van der Waals surface area (Å²) < 4.78 is 0. The fourth-order valence-electron chi connectivity index (χ4n) is 3.67. The minimum atomic E-state index is -0.971. The summed E-state index contributed by atoms with van der Waals surface area (Å²) in [6, 6.07) is 0. The second-order valence-corrected chi connectivity index (χ2v) is 7.72. The largest absolute Gasteiger partial charge is 0.481 e. The Bertz CT molecular complexity index is 738. The molecule has 0 spiro atoms. The number of carboxylic acid groups (broad SMARTS) is 1. The second-order valence-electron chi connectivity index (χ2n) is 6.62. The van der Waals surface area contributed by atoms with E-state index in [0.717, 1.165) is 42.5 Å². The summed E-state index contributed by atoms with van der Waals surface area (Å²) in [5.74, 6) is -3.23. The first-order valence-corrected chi connectivity index (χ1v) is 9.43. The summed E-state index contributed by atoms with van der Waals surface area (Å²) in [5.41, 5.74) is 6.95. The lowest BCUT2D eigenvalue weighted by Crippen LogP contribution is -2.35. The highest BCUT2D eigenvalue weighted by atomic mass is 32.1. The first kappa shape index (κ1) is 17.7. The number of aliphatic carboxylic acids is 1. The van der Waals surface area contributed by atoms with Crippen molar-refractivity contribution < 1.29 is 19.5 Å². The Labute approximate surface area is 150 Å². The third kappa shape index (κ3) is 3.61. The zero-order valence-electron chi connectivity index (χ0n) is 13.9. The van der Waals surface area contributed by atoms with E-state index >= 15 is 0 Å². The zero-order chi connectivity index (χ0) is 18.0. The lowest BCUT2D eigenvalue weighted by molar-refractivity contribution is -0.146. The molecule has 134 valence electrons. The summed E-state index contributed by atoms with van der Waals surface area (Å²) in [5, 5.41) is 12.6. The number of aryl methyl sites for hydroxylation is 1. The number of hydrogen-bond donors (Lipinski definition) is 3. The van der Waals surface area contributed by atoms with Crippen LogP contribution in [-0.4, -0.2) is 22.9 Å². The van der Waals surface area contributed by atoms with Crippen molar-refractivity contribution in [2.24, 2.45) is 17.6 Å². The van der Waals surface area contributed by atoms with Gasteiger partial charge in [0.05, 0.1) is 17.4 Å². The van der Waals surface area contributed by atoms with E-state index in [4.69, 9.17) is 5.73 Å². The minimum absolute atomic E-state index is 0.344. The molecule has 4 N–H and O–H groups in total. The van der Waals surface area contributed by atoms with Crippen molar-refractivity contribution in [3.63, 3.8) is 0 Å².